The summed E-state index contributed by atoms with van der Waals surface area (Å²) in [6, 6.07) is 7.91. The zero-order valence-electron chi connectivity index (χ0n) is 15.9. The number of hydrogen-bond donors (Lipinski definition) is 2. The van der Waals surface area contributed by atoms with Gasteiger partial charge in [0, 0.05) is 23.8 Å². The minimum atomic E-state index is -0.0787. The third-order valence-electron chi connectivity index (χ3n) is 3.51. The van der Waals surface area contributed by atoms with Crippen LogP contribution in [0.15, 0.2) is 24.3 Å². The first-order valence-corrected chi connectivity index (χ1v) is 8.39. The average Bonchev–Trinajstić information content (AvgIpc) is 2.52. The number of methoxy groups -OCH3 is 2. The number of nitrogens with zero attached hydrogens (tertiary/aromatic N) is 2. The quantitative estimate of drug-likeness (QED) is 0.799. The van der Waals surface area contributed by atoms with Crippen molar-refractivity contribution >= 4 is 11.8 Å². The molecule has 0 atom stereocenters. The van der Waals surface area contributed by atoms with Gasteiger partial charge in [-0.05, 0) is 51.8 Å². The normalized spacial score (nSPS) is 11.1. The van der Waals surface area contributed by atoms with Crippen molar-refractivity contribution in [1.29, 1.82) is 0 Å². The Balaban J connectivity index is 2.00. The van der Waals surface area contributed by atoms with Crippen molar-refractivity contribution < 1.29 is 9.47 Å². The molecule has 0 radical (unpaired) electrons. The number of hydrogen-bond acceptors (Lipinski definition) is 6. The van der Waals surface area contributed by atoms with Crippen LogP contribution in [-0.4, -0.2) is 36.3 Å². The molecule has 2 aromatic rings. The van der Waals surface area contributed by atoms with E-state index in [2.05, 4.69) is 41.4 Å². The molecule has 0 fully saturated rings. The van der Waals surface area contributed by atoms with Crippen LogP contribution < -0.4 is 20.1 Å². The molecule has 25 heavy (non-hydrogen) atoms. The molecule has 1 aromatic carbocycles. The van der Waals surface area contributed by atoms with Crippen molar-refractivity contribution in [3.63, 3.8) is 0 Å². The van der Waals surface area contributed by atoms with Gasteiger partial charge in [-0.2, -0.15) is 4.98 Å². The van der Waals surface area contributed by atoms with Crippen LogP contribution in [0, 0.1) is 6.92 Å². The van der Waals surface area contributed by atoms with Gasteiger partial charge in [0.1, 0.15) is 5.82 Å². The van der Waals surface area contributed by atoms with E-state index in [1.165, 1.54) is 5.56 Å². The molecule has 0 bridgehead atoms. The lowest BCUT2D eigenvalue weighted by atomic mass is 10.1. The SMILES string of the molecule is COc1ccc(CCNc2cc(C)nc(NC(C)(C)C)n2)cc1OC. The lowest BCUT2D eigenvalue weighted by Gasteiger charge is -2.21. The first kappa shape index (κ1) is 18.8. The second kappa shape index (κ2) is 8.05. The lowest BCUT2D eigenvalue weighted by Crippen LogP contribution is -2.27. The number of rotatable bonds is 7. The summed E-state index contributed by atoms with van der Waals surface area (Å²) in [4.78, 5) is 8.97. The van der Waals surface area contributed by atoms with E-state index in [0.29, 0.717) is 5.95 Å². The summed E-state index contributed by atoms with van der Waals surface area (Å²) in [5.41, 5.74) is 2.02. The van der Waals surface area contributed by atoms with E-state index in [9.17, 15) is 0 Å². The minimum absolute atomic E-state index is 0.0787. The molecule has 0 aliphatic carbocycles. The smallest absolute Gasteiger partial charge is 0.225 e. The van der Waals surface area contributed by atoms with Crippen molar-refractivity contribution in [2.24, 2.45) is 0 Å². The van der Waals surface area contributed by atoms with E-state index in [1.807, 2.05) is 31.2 Å². The van der Waals surface area contributed by atoms with Gasteiger partial charge in [0.2, 0.25) is 5.95 Å². The fourth-order valence-electron chi connectivity index (χ4n) is 2.42. The van der Waals surface area contributed by atoms with Crippen LogP contribution in [0.2, 0.25) is 0 Å². The molecule has 1 aromatic heterocycles. The minimum Gasteiger partial charge on any atom is -0.493 e. The van der Waals surface area contributed by atoms with E-state index in [4.69, 9.17) is 9.47 Å². The van der Waals surface area contributed by atoms with Crippen LogP contribution in [-0.2, 0) is 6.42 Å². The standard InChI is InChI=1S/C19H28N4O2/c1-13-11-17(22-18(21-13)23-19(2,3)4)20-10-9-14-7-8-15(24-5)16(12-14)25-6/h7-8,11-12H,9-10H2,1-6H3,(H2,20,21,22,23). The third kappa shape index (κ3) is 5.81. The molecule has 2 N–H and O–H groups in total. The molecule has 136 valence electrons. The van der Waals surface area contributed by atoms with Crippen LogP contribution >= 0.6 is 0 Å². The number of anilines is 2. The fraction of sp³-hybridized carbons (Fsp3) is 0.474. The molecule has 6 heteroatoms. The molecule has 0 saturated carbocycles. The van der Waals surface area contributed by atoms with Crippen LogP contribution in [0.1, 0.15) is 32.0 Å². The van der Waals surface area contributed by atoms with Gasteiger partial charge in [0.05, 0.1) is 14.2 Å². The second-order valence-electron chi connectivity index (χ2n) is 6.96. The van der Waals surface area contributed by atoms with Gasteiger partial charge < -0.3 is 20.1 Å². The fourth-order valence-corrected chi connectivity index (χ4v) is 2.42. The Kier molecular flexibility index (Phi) is 6.07. The number of ether oxygens (including phenoxy) is 2. The average molecular weight is 344 g/mol. The van der Waals surface area contributed by atoms with Crippen LogP contribution in [0.4, 0.5) is 11.8 Å². The molecule has 0 aliphatic rings. The molecule has 0 spiro atoms. The maximum absolute atomic E-state index is 5.35. The maximum atomic E-state index is 5.35. The Bertz CT molecular complexity index is 711. The van der Waals surface area contributed by atoms with Crippen molar-refractivity contribution in [1.82, 2.24) is 9.97 Å². The molecule has 1 heterocycles. The Labute approximate surface area is 150 Å². The summed E-state index contributed by atoms with van der Waals surface area (Å²) in [6.45, 7) is 8.99. The Morgan fingerprint density at radius 2 is 1.72 bits per heavy atom. The third-order valence-corrected chi connectivity index (χ3v) is 3.51. The molecule has 2 rings (SSSR count). The van der Waals surface area contributed by atoms with E-state index in [-0.39, 0.29) is 5.54 Å². The largest absolute Gasteiger partial charge is 0.493 e. The first-order valence-electron chi connectivity index (χ1n) is 8.39. The molecule has 0 amide bonds. The summed E-state index contributed by atoms with van der Waals surface area (Å²) in [5, 5.41) is 6.67. The van der Waals surface area contributed by atoms with Crippen LogP contribution in [0.5, 0.6) is 11.5 Å². The molecule has 0 saturated heterocycles. The van der Waals surface area contributed by atoms with E-state index < -0.39 is 0 Å². The molecule has 0 aliphatic heterocycles. The summed E-state index contributed by atoms with van der Waals surface area (Å²) < 4.78 is 10.6. The number of aryl methyl sites for hydroxylation is 1. The van der Waals surface area contributed by atoms with Gasteiger partial charge in [-0.25, -0.2) is 4.98 Å². The molecular weight excluding hydrogens is 316 g/mol. The number of benzene rings is 1. The maximum Gasteiger partial charge on any atom is 0.225 e. The summed E-state index contributed by atoms with van der Waals surface area (Å²) in [5.74, 6) is 2.94. The Hall–Kier alpha value is -2.50. The van der Waals surface area contributed by atoms with Gasteiger partial charge in [0.25, 0.3) is 0 Å². The van der Waals surface area contributed by atoms with Gasteiger partial charge >= 0.3 is 0 Å². The second-order valence-corrected chi connectivity index (χ2v) is 6.96. The predicted octanol–water partition coefficient (Wildman–Crippen LogP) is 3.67. The van der Waals surface area contributed by atoms with Gasteiger partial charge in [-0.3, -0.25) is 0 Å². The highest BCUT2D eigenvalue weighted by atomic mass is 16.5. The van der Waals surface area contributed by atoms with Crippen LogP contribution in [0.3, 0.4) is 0 Å². The number of nitrogens with one attached hydrogen (secondary N) is 2. The molecule has 6 nitrogen and oxygen atoms in total. The predicted molar refractivity (Wildman–Crippen MR) is 102 cm³/mol. The highest BCUT2D eigenvalue weighted by molar-refractivity contribution is 5.45. The van der Waals surface area contributed by atoms with E-state index >= 15 is 0 Å². The Morgan fingerprint density at radius 3 is 2.36 bits per heavy atom. The molecule has 0 unspecified atom stereocenters. The van der Waals surface area contributed by atoms with Crippen LogP contribution in [0.25, 0.3) is 0 Å². The van der Waals surface area contributed by atoms with Gasteiger partial charge in [-0.1, -0.05) is 6.07 Å². The number of aromatic nitrogens is 2. The van der Waals surface area contributed by atoms with Gasteiger partial charge in [0.15, 0.2) is 11.5 Å². The zero-order chi connectivity index (χ0) is 18.4. The first-order chi connectivity index (χ1) is 11.8. The highest BCUT2D eigenvalue weighted by Crippen LogP contribution is 2.27. The van der Waals surface area contributed by atoms with Crippen molar-refractivity contribution in [3.8, 4) is 11.5 Å². The highest BCUT2D eigenvalue weighted by Gasteiger charge is 2.12. The summed E-state index contributed by atoms with van der Waals surface area (Å²) in [7, 11) is 3.28. The van der Waals surface area contributed by atoms with Gasteiger partial charge in [-0.15, -0.1) is 0 Å². The summed E-state index contributed by atoms with van der Waals surface area (Å²) >= 11 is 0. The van der Waals surface area contributed by atoms with Crippen molar-refractivity contribution in [2.45, 2.75) is 39.7 Å². The Morgan fingerprint density at radius 1 is 1.00 bits per heavy atom. The monoisotopic (exact) mass is 344 g/mol. The van der Waals surface area contributed by atoms with E-state index in [1.54, 1.807) is 14.2 Å². The molecular formula is C19H28N4O2. The lowest BCUT2D eigenvalue weighted by molar-refractivity contribution is 0.354. The topological polar surface area (TPSA) is 68.3 Å². The van der Waals surface area contributed by atoms with E-state index in [0.717, 1.165) is 36.0 Å². The zero-order valence-corrected chi connectivity index (χ0v) is 15.9. The van der Waals surface area contributed by atoms with Crippen molar-refractivity contribution in [2.75, 3.05) is 31.4 Å². The summed E-state index contributed by atoms with van der Waals surface area (Å²) in [6.07, 6.45) is 0.853. The van der Waals surface area contributed by atoms with Crippen molar-refractivity contribution in [3.05, 3.63) is 35.5 Å².